The third-order valence-electron chi connectivity index (χ3n) is 3.03. The number of anilines is 1. The van der Waals surface area contributed by atoms with Crippen molar-refractivity contribution in [2.75, 3.05) is 26.1 Å². The molecule has 0 aromatic heterocycles. The number of nitrogens with one attached hydrogen (secondary N) is 1. The van der Waals surface area contributed by atoms with Crippen LogP contribution in [0.15, 0.2) is 12.1 Å². The molecule has 1 aromatic rings. The van der Waals surface area contributed by atoms with E-state index in [0.29, 0.717) is 18.0 Å². The van der Waals surface area contributed by atoms with Gasteiger partial charge in [-0.25, -0.2) is 0 Å². The van der Waals surface area contributed by atoms with E-state index in [1.54, 1.807) is 28.1 Å². The lowest BCUT2D eigenvalue weighted by atomic mass is 9.93. The molecule has 0 fully saturated rings. The normalized spacial score (nSPS) is 11.0. The second kappa shape index (κ2) is 5.82. The van der Waals surface area contributed by atoms with Gasteiger partial charge < -0.3 is 19.9 Å². The molecule has 0 amide bonds. The molecule has 5 nitrogen and oxygen atoms in total. The van der Waals surface area contributed by atoms with Crippen LogP contribution in [0.1, 0.15) is 19.4 Å². The number of rotatable bonds is 6. The molecule has 1 rings (SSSR count). The maximum absolute atomic E-state index is 11.1. The number of methoxy groups -OCH3 is 2. The van der Waals surface area contributed by atoms with Crippen LogP contribution in [0.2, 0.25) is 0 Å². The third-order valence-corrected chi connectivity index (χ3v) is 3.03. The number of benzene rings is 1. The molecule has 0 heterocycles. The van der Waals surface area contributed by atoms with Gasteiger partial charge in [0.25, 0.3) is 0 Å². The average molecular weight is 267 g/mol. The first-order valence-electron chi connectivity index (χ1n) is 6.01. The topological polar surface area (TPSA) is 67.8 Å². The summed E-state index contributed by atoms with van der Waals surface area (Å²) in [6.45, 7) is 5.62. The second-order valence-corrected chi connectivity index (χ2v) is 5.06. The van der Waals surface area contributed by atoms with Crippen LogP contribution < -0.4 is 14.8 Å². The molecule has 19 heavy (non-hydrogen) atoms. The van der Waals surface area contributed by atoms with Crippen LogP contribution in [0.4, 0.5) is 5.69 Å². The van der Waals surface area contributed by atoms with E-state index in [1.807, 2.05) is 19.1 Å². The molecule has 0 radical (unpaired) electrons. The number of ether oxygens (including phenoxy) is 2. The predicted molar refractivity (Wildman–Crippen MR) is 74.2 cm³/mol. The fourth-order valence-corrected chi connectivity index (χ4v) is 1.56. The van der Waals surface area contributed by atoms with Crippen molar-refractivity contribution in [2.24, 2.45) is 5.41 Å². The Morgan fingerprint density at radius 3 is 2.26 bits per heavy atom. The summed E-state index contributed by atoms with van der Waals surface area (Å²) < 4.78 is 10.4. The highest BCUT2D eigenvalue weighted by Gasteiger charge is 2.27. The van der Waals surface area contributed by atoms with Crippen molar-refractivity contribution < 1.29 is 19.4 Å². The van der Waals surface area contributed by atoms with Crippen molar-refractivity contribution in [2.45, 2.75) is 20.8 Å². The Hall–Kier alpha value is -1.91. The van der Waals surface area contributed by atoms with Gasteiger partial charge in [-0.1, -0.05) is 0 Å². The van der Waals surface area contributed by atoms with Crippen molar-refractivity contribution >= 4 is 11.7 Å². The average Bonchev–Trinajstić information content (AvgIpc) is 2.36. The molecular weight excluding hydrogens is 246 g/mol. The van der Waals surface area contributed by atoms with Crippen LogP contribution in [-0.4, -0.2) is 31.8 Å². The highest BCUT2D eigenvalue weighted by atomic mass is 16.5. The van der Waals surface area contributed by atoms with Gasteiger partial charge in [-0.3, -0.25) is 4.79 Å². The van der Waals surface area contributed by atoms with Gasteiger partial charge in [-0.05, 0) is 32.4 Å². The smallest absolute Gasteiger partial charge is 0.310 e. The van der Waals surface area contributed by atoms with Gasteiger partial charge in [-0.2, -0.15) is 0 Å². The first-order valence-corrected chi connectivity index (χ1v) is 6.01. The number of hydrogen-bond donors (Lipinski definition) is 2. The summed E-state index contributed by atoms with van der Waals surface area (Å²) in [6.07, 6.45) is 0. The molecule has 0 spiro atoms. The van der Waals surface area contributed by atoms with Crippen molar-refractivity contribution in [3.8, 4) is 11.5 Å². The lowest BCUT2D eigenvalue weighted by Crippen LogP contribution is -2.31. The Morgan fingerprint density at radius 1 is 1.26 bits per heavy atom. The van der Waals surface area contributed by atoms with E-state index in [4.69, 9.17) is 14.6 Å². The van der Waals surface area contributed by atoms with Gasteiger partial charge in [0.2, 0.25) is 0 Å². The summed E-state index contributed by atoms with van der Waals surface area (Å²) in [5.74, 6) is 0.435. The van der Waals surface area contributed by atoms with Crippen molar-refractivity contribution in [1.29, 1.82) is 0 Å². The van der Waals surface area contributed by atoms with Crippen molar-refractivity contribution in [1.82, 2.24) is 0 Å². The zero-order valence-electron chi connectivity index (χ0n) is 12.0. The van der Waals surface area contributed by atoms with Crippen LogP contribution >= 0.6 is 0 Å². The van der Waals surface area contributed by atoms with Gasteiger partial charge >= 0.3 is 5.97 Å². The number of carboxylic acid groups (broad SMARTS) is 1. The van der Waals surface area contributed by atoms with Crippen molar-refractivity contribution in [3.63, 3.8) is 0 Å². The van der Waals surface area contributed by atoms with Crippen LogP contribution in [0, 0.1) is 12.3 Å². The van der Waals surface area contributed by atoms with Gasteiger partial charge in [0, 0.05) is 18.3 Å². The Balaban J connectivity index is 2.93. The molecule has 0 unspecified atom stereocenters. The molecule has 2 N–H and O–H groups in total. The summed E-state index contributed by atoms with van der Waals surface area (Å²) in [4.78, 5) is 11.1. The lowest BCUT2D eigenvalue weighted by Gasteiger charge is -2.22. The summed E-state index contributed by atoms with van der Waals surface area (Å²) in [5.41, 5.74) is 0.977. The number of aliphatic carboxylic acids is 1. The lowest BCUT2D eigenvalue weighted by molar-refractivity contribution is -0.146. The molecule has 0 aliphatic rings. The summed E-state index contributed by atoms with van der Waals surface area (Å²) in [5, 5.41) is 12.2. The van der Waals surface area contributed by atoms with E-state index in [2.05, 4.69) is 5.32 Å². The quantitative estimate of drug-likeness (QED) is 0.829. The minimum Gasteiger partial charge on any atom is -0.493 e. The van der Waals surface area contributed by atoms with E-state index in [-0.39, 0.29) is 0 Å². The highest BCUT2D eigenvalue weighted by Crippen LogP contribution is 2.33. The van der Waals surface area contributed by atoms with Crippen LogP contribution in [0.5, 0.6) is 11.5 Å². The standard InChI is InChI=1S/C14H21NO4/c1-9-6-11(18-4)12(19-5)7-10(9)15-8-14(2,3)13(16)17/h6-7,15H,8H2,1-5H3,(H,16,17). The second-order valence-electron chi connectivity index (χ2n) is 5.06. The Morgan fingerprint density at radius 2 is 1.79 bits per heavy atom. The summed E-state index contributed by atoms with van der Waals surface area (Å²) in [7, 11) is 3.15. The molecule has 0 aliphatic carbocycles. The van der Waals surface area contributed by atoms with E-state index in [1.165, 1.54) is 0 Å². The van der Waals surface area contributed by atoms with Gasteiger partial charge in [0.1, 0.15) is 0 Å². The van der Waals surface area contributed by atoms with Crippen LogP contribution in [0.25, 0.3) is 0 Å². The van der Waals surface area contributed by atoms with Gasteiger partial charge in [0.15, 0.2) is 11.5 Å². The maximum atomic E-state index is 11.1. The van der Waals surface area contributed by atoms with Crippen LogP contribution in [0.3, 0.4) is 0 Å². The minimum absolute atomic E-state index is 0.332. The fourth-order valence-electron chi connectivity index (χ4n) is 1.56. The molecule has 0 bridgehead atoms. The zero-order chi connectivity index (χ0) is 14.6. The molecule has 0 atom stereocenters. The summed E-state index contributed by atoms with van der Waals surface area (Å²) in [6, 6.07) is 3.67. The third kappa shape index (κ3) is 3.53. The minimum atomic E-state index is -0.835. The highest BCUT2D eigenvalue weighted by molar-refractivity contribution is 5.74. The molecule has 5 heteroatoms. The van der Waals surface area contributed by atoms with E-state index in [0.717, 1.165) is 11.3 Å². The first kappa shape index (κ1) is 15.1. The number of hydrogen-bond acceptors (Lipinski definition) is 4. The number of carboxylic acids is 1. The largest absolute Gasteiger partial charge is 0.493 e. The van der Waals surface area contributed by atoms with Crippen LogP contribution in [-0.2, 0) is 4.79 Å². The Labute approximate surface area is 113 Å². The number of carbonyl (C=O) groups is 1. The molecule has 106 valence electrons. The van der Waals surface area contributed by atoms with Gasteiger partial charge in [-0.15, -0.1) is 0 Å². The SMILES string of the molecule is COc1cc(C)c(NCC(C)(C)C(=O)O)cc1OC. The number of aryl methyl sites for hydroxylation is 1. The molecular formula is C14H21NO4. The van der Waals surface area contributed by atoms with E-state index < -0.39 is 11.4 Å². The Bertz CT molecular complexity index is 469. The molecule has 0 saturated heterocycles. The maximum Gasteiger partial charge on any atom is 0.310 e. The zero-order valence-corrected chi connectivity index (χ0v) is 12.0. The molecule has 0 aliphatic heterocycles. The molecule has 0 saturated carbocycles. The Kier molecular flexibility index (Phi) is 4.64. The predicted octanol–water partition coefficient (Wildman–Crippen LogP) is 2.53. The van der Waals surface area contributed by atoms with E-state index in [9.17, 15) is 4.79 Å². The molecule has 1 aromatic carbocycles. The summed E-state index contributed by atoms with van der Waals surface area (Å²) >= 11 is 0. The monoisotopic (exact) mass is 267 g/mol. The van der Waals surface area contributed by atoms with Gasteiger partial charge in [0.05, 0.1) is 19.6 Å². The van der Waals surface area contributed by atoms with Crippen molar-refractivity contribution in [3.05, 3.63) is 17.7 Å². The first-order chi connectivity index (χ1) is 8.81. The van der Waals surface area contributed by atoms with E-state index >= 15 is 0 Å². The fraction of sp³-hybridized carbons (Fsp3) is 0.500.